The molecule has 1 fully saturated rings. The molecule has 8 nitrogen and oxygen atoms in total. The monoisotopic (exact) mass is 388 g/mol. The van der Waals surface area contributed by atoms with Crippen molar-refractivity contribution in [2.75, 3.05) is 13.1 Å². The second kappa shape index (κ2) is 7.19. The van der Waals surface area contributed by atoms with Crippen LogP contribution in [0.2, 0.25) is 5.15 Å². The average molecular weight is 389 g/mol. The number of carbonyl (C=O) groups is 1. The molecule has 0 aliphatic carbocycles. The number of amides is 1. The predicted octanol–water partition coefficient (Wildman–Crippen LogP) is 2.96. The van der Waals surface area contributed by atoms with Crippen LogP contribution in [0, 0.1) is 0 Å². The number of carbonyl (C=O) groups excluding carboxylic acids is 1. The Morgan fingerprint density at radius 3 is 3.04 bits per heavy atom. The van der Waals surface area contributed by atoms with E-state index in [1.54, 1.807) is 16.8 Å². The van der Waals surface area contributed by atoms with E-state index >= 15 is 0 Å². The lowest BCUT2D eigenvalue weighted by molar-refractivity contribution is 0.0640. The molecule has 4 rings (SSSR count). The zero-order valence-corrected chi connectivity index (χ0v) is 16.1. The van der Waals surface area contributed by atoms with Crippen LogP contribution in [0.1, 0.15) is 42.1 Å². The van der Waals surface area contributed by atoms with Gasteiger partial charge in [-0.05, 0) is 31.4 Å². The van der Waals surface area contributed by atoms with Crippen molar-refractivity contribution in [1.82, 2.24) is 29.7 Å². The fourth-order valence-electron chi connectivity index (χ4n) is 3.54. The van der Waals surface area contributed by atoms with Crippen molar-refractivity contribution in [1.29, 1.82) is 0 Å². The standard InChI is InChI=1S/C18H21ClN6O2/c1-3-13-16(17(19)23(2)21-13)14-11-25(22-20-14)12-6-4-8-24(10-12)18(26)15-7-5-9-27-15/h5,7,9,11-12H,3-4,6,8,10H2,1-2H3. The minimum Gasteiger partial charge on any atom is -0.459 e. The Morgan fingerprint density at radius 2 is 2.30 bits per heavy atom. The van der Waals surface area contributed by atoms with Gasteiger partial charge in [-0.1, -0.05) is 23.7 Å². The quantitative estimate of drug-likeness (QED) is 0.686. The molecule has 27 heavy (non-hydrogen) atoms. The first kappa shape index (κ1) is 17.8. The highest BCUT2D eigenvalue weighted by atomic mass is 35.5. The van der Waals surface area contributed by atoms with Gasteiger partial charge in [0.25, 0.3) is 5.91 Å². The van der Waals surface area contributed by atoms with Crippen molar-refractivity contribution in [3.8, 4) is 11.3 Å². The molecule has 1 saturated heterocycles. The Balaban J connectivity index is 1.56. The van der Waals surface area contributed by atoms with Gasteiger partial charge in [0.1, 0.15) is 10.8 Å². The van der Waals surface area contributed by atoms with E-state index in [1.807, 2.05) is 29.7 Å². The van der Waals surface area contributed by atoms with E-state index in [2.05, 4.69) is 15.4 Å². The minimum atomic E-state index is -0.0892. The van der Waals surface area contributed by atoms with E-state index in [0.29, 0.717) is 29.7 Å². The van der Waals surface area contributed by atoms with Gasteiger partial charge < -0.3 is 9.32 Å². The normalized spacial score (nSPS) is 17.4. The second-order valence-electron chi connectivity index (χ2n) is 6.70. The average Bonchev–Trinajstić information content (AvgIpc) is 3.42. The van der Waals surface area contributed by atoms with Gasteiger partial charge in [-0.15, -0.1) is 5.10 Å². The number of aromatic nitrogens is 5. The van der Waals surface area contributed by atoms with Gasteiger partial charge in [0.2, 0.25) is 0 Å². The lowest BCUT2D eigenvalue weighted by Crippen LogP contribution is -2.40. The van der Waals surface area contributed by atoms with Crippen LogP contribution in [0.3, 0.4) is 0 Å². The van der Waals surface area contributed by atoms with Crippen molar-refractivity contribution < 1.29 is 9.21 Å². The van der Waals surface area contributed by atoms with Gasteiger partial charge in [0.05, 0.1) is 29.8 Å². The fourth-order valence-corrected chi connectivity index (χ4v) is 3.78. The van der Waals surface area contributed by atoms with Crippen molar-refractivity contribution in [3.05, 3.63) is 41.2 Å². The van der Waals surface area contributed by atoms with E-state index in [-0.39, 0.29) is 11.9 Å². The van der Waals surface area contributed by atoms with Crippen molar-refractivity contribution >= 4 is 17.5 Å². The molecule has 0 radical (unpaired) electrons. The Hall–Kier alpha value is -2.61. The SMILES string of the molecule is CCc1nn(C)c(Cl)c1-c1cn(C2CCCN(C(=O)c3ccco3)C2)nn1. The summed E-state index contributed by atoms with van der Waals surface area (Å²) in [5.74, 6) is 0.276. The van der Waals surface area contributed by atoms with Crippen LogP contribution in [-0.2, 0) is 13.5 Å². The molecule has 3 aromatic rings. The third-order valence-corrected chi connectivity index (χ3v) is 5.37. The smallest absolute Gasteiger partial charge is 0.289 e. The number of nitrogens with zero attached hydrogens (tertiary/aromatic N) is 6. The highest BCUT2D eigenvalue weighted by Crippen LogP contribution is 2.31. The molecular formula is C18H21ClN6O2. The zero-order valence-electron chi connectivity index (χ0n) is 15.3. The van der Waals surface area contributed by atoms with Crippen LogP contribution in [0.5, 0.6) is 0 Å². The number of likely N-dealkylation sites (tertiary alicyclic amines) is 1. The van der Waals surface area contributed by atoms with Gasteiger partial charge >= 0.3 is 0 Å². The van der Waals surface area contributed by atoms with Crippen LogP contribution in [0.25, 0.3) is 11.3 Å². The summed E-state index contributed by atoms with van der Waals surface area (Å²) in [5.41, 5.74) is 2.43. The van der Waals surface area contributed by atoms with Crippen LogP contribution in [0.15, 0.2) is 29.0 Å². The number of hydrogen-bond donors (Lipinski definition) is 0. The molecule has 1 amide bonds. The first-order valence-corrected chi connectivity index (χ1v) is 9.42. The van der Waals surface area contributed by atoms with Crippen LogP contribution < -0.4 is 0 Å². The predicted molar refractivity (Wildman–Crippen MR) is 99.5 cm³/mol. The summed E-state index contributed by atoms with van der Waals surface area (Å²) in [6.45, 7) is 3.32. The van der Waals surface area contributed by atoms with E-state index in [0.717, 1.165) is 30.5 Å². The molecule has 9 heteroatoms. The largest absolute Gasteiger partial charge is 0.459 e. The molecule has 1 aliphatic rings. The summed E-state index contributed by atoms with van der Waals surface area (Å²) in [6.07, 6.45) is 6.01. The maximum atomic E-state index is 12.6. The molecule has 0 N–H and O–H groups in total. The van der Waals surface area contributed by atoms with E-state index in [1.165, 1.54) is 6.26 Å². The highest BCUT2D eigenvalue weighted by molar-refractivity contribution is 6.32. The zero-order chi connectivity index (χ0) is 19.0. The van der Waals surface area contributed by atoms with Gasteiger partial charge in [-0.3, -0.25) is 9.48 Å². The van der Waals surface area contributed by atoms with Crippen LogP contribution >= 0.6 is 11.6 Å². The molecule has 142 valence electrons. The number of rotatable bonds is 4. The molecule has 1 aliphatic heterocycles. The van der Waals surface area contributed by atoms with E-state index in [4.69, 9.17) is 16.0 Å². The first-order valence-electron chi connectivity index (χ1n) is 9.04. The van der Waals surface area contributed by atoms with Gasteiger partial charge in [0.15, 0.2) is 5.76 Å². The summed E-state index contributed by atoms with van der Waals surface area (Å²) in [4.78, 5) is 14.4. The van der Waals surface area contributed by atoms with Crippen LogP contribution in [-0.4, -0.2) is 48.7 Å². The Labute approximate surface area is 161 Å². The summed E-state index contributed by atoms with van der Waals surface area (Å²) in [6, 6.07) is 3.48. The number of halogens is 1. The van der Waals surface area contributed by atoms with E-state index in [9.17, 15) is 4.79 Å². The maximum absolute atomic E-state index is 12.6. The van der Waals surface area contributed by atoms with Gasteiger partial charge in [0, 0.05) is 20.1 Å². The van der Waals surface area contributed by atoms with Crippen molar-refractivity contribution in [2.24, 2.45) is 7.05 Å². The molecule has 0 spiro atoms. The van der Waals surface area contributed by atoms with Crippen molar-refractivity contribution in [3.63, 3.8) is 0 Å². The number of aryl methyl sites for hydroxylation is 2. The molecule has 3 aromatic heterocycles. The lowest BCUT2D eigenvalue weighted by Gasteiger charge is -2.32. The number of piperidine rings is 1. The summed E-state index contributed by atoms with van der Waals surface area (Å²) in [7, 11) is 1.81. The molecule has 1 unspecified atom stereocenters. The molecule has 0 aromatic carbocycles. The second-order valence-corrected chi connectivity index (χ2v) is 7.06. The summed E-state index contributed by atoms with van der Waals surface area (Å²) in [5, 5.41) is 13.6. The summed E-state index contributed by atoms with van der Waals surface area (Å²) >= 11 is 6.40. The molecule has 0 bridgehead atoms. The topological polar surface area (TPSA) is 82.0 Å². The Bertz CT molecular complexity index is 945. The van der Waals surface area contributed by atoms with Gasteiger partial charge in [-0.2, -0.15) is 5.10 Å². The number of hydrogen-bond acceptors (Lipinski definition) is 5. The van der Waals surface area contributed by atoms with Crippen LogP contribution in [0.4, 0.5) is 0 Å². The Kier molecular flexibility index (Phi) is 4.73. The Morgan fingerprint density at radius 1 is 1.44 bits per heavy atom. The highest BCUT2D eigenvalue weighted by Gasteiger charge is 2.28. The van der Waals surface area contributed by atoms with Crippen molar-refractivity contribution in [2.45, 2.75) is 32.2 Å². The first-order chi connectivity index (χ1) is 13.1. The summed E-state index contributed by atoms with van der Waals surface area (Å²) < 4.78 is 8.73. The molecule has 4 heterocycles. The third-order valence-electron chi connectivity index (χ3n) is 4.94. The maximum Gasteiger partial charge on any atom is 0.289 e. The molecule has 0 saturated carbocycles. The van der Waals surface area contributed by atoms with Gasteiger partial charge in [-0.25, -0.2) is 4.68 Å². The van der Waals surface area contributed by atoms with E-state index < -0.39 is 0 Å². The lowest BCUT2D eigenvalue weighted by atomic mass is 10.1. The molecule has 1 atom stereocenters. The third kappa shape index (κ3) is 3.25. The number of furan rings is 1. The minimum absolute atomic E-state index is 0.0689. The fraction of sp³-hybridized carbons (Fsp3) is 0.444. The molecular weight excluding hydrogens is 368 g/mol.